The number of carbonyl (C=O) groups excluding carboxylic acids is 4. The summed E-state index contributed by atoms with van der Waals surface area (Å²) in [7, 11) is 1.69. The molecule has 0 saturated carbocycles. The first-order chi connectivity index (χ1) is 16.9. The topological polar surface area (TPSA) is 147 Å². The fourth-order valence-corrected chi connectivity index (χ4v) is 3.64. The van der Waals surface area contributed by atoms with Crippen LogP contribution in [0.4, 0.5) is 5.69 Å². The highest BCUT2D eigenvalue weighted by molar-refractivity contribution is 6.00. The van der Waals surface area contributed by atoms with Crippen LogP contribution in [0.2, 0.25) is 0 Å². The summed E-state index contributed by atoms with van der Waals surface area (Å²) in [6.45, 7) is 3.50. The summed E-state index contributed by atoms with van der Waals surface area (Å²) in [5, 5.41) is 12.5. The average Bonchev–Trinajstić information content (AvgIpc) is 3.30. The number of hydrogen-bond donors (Lipinski definition) is 3. The minimum atomic E-state index is -0.716. The smallest absolute Gasteiger partial charge is 0.298 e. The molecule has 2 aromatic heterocycles. The summed E-state index contributed by atoms with van der Waals surface area (Å²) < 4.78 is 6.22. The normalized spacial score (nSPS) is 13.5. The molecule has 0 spiro atoms. The summed E-state index contributed by atoms with van der Waals surface area (Å²) in [6.07, 6.45) is 2.42. The molecule has 1 saturated heterocycles. The van der Waals surface area contributed by atoms with E-state index in [1.54, 1.807) is 43.1 Å². The highest BCUT2D eigenvalue weighted by Gasteiger charge is 2.27. The molecule has 1 atom stereocenters. The monoisotopic (exact) mass is 479 g/mol. The van der Waals surface area contributed by atoms with E-state index in [0.29, 0.717) is 36.6 Å². The van der Waals surface area contributed by atoms with Crippen LogP contribution >= 0.6 is 0 Å². The quantitative estimate of drug-likeness (QED) is 0.378. The van der Waals surface area contributed by atoms with Gasteiger partial charge in [-0.05, 0) is 31.0 Å². The van der Waals surface area contributed by atoms with Gasteiger partial charge in [0.25, 0.3) is 18.3 Å². The maximum atomic E-state index is 13.0. The first-order valence-electron chi connectivity index (χ1n) is 11.0. The Hall–Kier alpha value is -4.48. The minimum absolute atomic E-state index is 0.0274. The molecule has 12 nitrogen and oxygen atoms in total. The van der Waals surface area contributed by atoms with E-state index < -0.39 is 17.9 Å². The summed E-state index contributed by atoms with van der Waals surface area (Å²) in [4.78, 5) is 54.8. The standard InChI is InChI=1S/C23H25N7O5/c1-14(23(34)29-8-3-9-29)27-22(33)18-11-17(28-20-6-7-26-30(18)20)21(32)25-12-15-4-5-19(35-13-31)16(10-15)24-2/h4-7,10-11,13-14,24H,3,8-9,12H2,1-2H3,(H,25,32)(H,27,33). The van der Waals surface area contributed by atoms with Crippen LogP contribution in [-0.4, -0.2) is 69.9 Å². The zero-order valence-corrected chi connectivity index (χ0v) is 19.3. The van der Waals surface area contributed by atoms with E-state index in [9.17, 15) is 19.2 Å². The van der Waals surface area contributed by atoms with Gasteiger partial charge < -0.3 is 25.6 Å². The average molecular weight is 479 g/mol. The highest BCUT2D eigenvalue weighted by Crippen LogP contribution is 2.25. The number of fused-ring (bicyclic) bond motifs is 1. The number of nitrogens with zero attached hydrogens (tertiary/aromatic N) is 4. The zero-order chi connectivity index (χ0) is 24.9. The molecule has 3 heterocycles. The predicted octanol–water partition coefficient (Wildman–Crippen LogP) is 0.587. The number of aromatic nitrogens is 3. The lowest BCUT2D eigenvalue weighted by Gasteiger charge is -2.33. The van der Waals surface area contributed by atoms with Crippen molar-refractivity contribution in [1.82, 2.24) is 30.1 Å². The molecular formula is C23H25N7O5. The van der Waals surface area contributed by atoms with Crippen molar-refractivity contribution in [3.8, 4) is 5.75 Å². The van der Waals surface area contributed by atoms with Gasteiger partial charge in [0.15, 0.2) is 11.4 Å². The molecule has 0 radical (unpaired) electrons. The molecule has 1 aliphatic rings. The fraction of sp³-hybridized carbons (Fsp3) is 0.304. The van der Waals surface area contributed by atoms with Crippen molar-refractivity contribution in [2.45, 2.75) is 25.9 Å². The Kier molecular flexibility index (Phi) is 6.90. The molecule has 0 bridgehead atoms. The number of nitrogens with one attached hydrogen (secondary N) is 3. The summed E-state index contributed by atoms with van der Waals surface area (Å²) >= 11 is 0. The lowest BCUT2D eigenvalue weighted by atomic mass is 10.1. The Morgan fingerprint density at radius 1 is 1.17 bits per heavy atom. The Morgan fingerprint density at radius 2 is 1.97 bits per heavy atom. The van der Waals surface area contributed by atoms with E-state index in [0.717, 1.165) is 12.0 Å². The van der Waals surface area contributed by atoms with Crippen molar-refractivity contribution in [1.29, 1.82) is 0 Å². The van der Waals surface area contributed by atoms with Crippen molar-refractivity contribution < 1.29 is 23.9 Å². The molecule has 182 valence electrons. The van der Waals surface area contributed by atoms with Crippen molar-refractivity contribution >= 4 is 35.5 Å². The third-order valence-corrected chi connectivity index (χ3v) is 5.65. The molecule has 3 amide bonds. The van der Waals surface area contributed by atoms with E-state index in [1.165, 1.54) is 16.8 Å². The van der Waals surface area contributed by atoms with Gasteiger partial charge in [-0.2, -0.15) is 5.10 Å². The number of rotatable bonds is 9. The highest BCUT2D eigenvalue weighted by atomic mass is 16.5. The summed E-state index contributed by atoms with van der Waals surface area (Å²) in [5.41, 5.74) is 1.77. The largest absolute Gasteiger partial charge is 0.427 e. The third-order valence-electron chi connectivity index (χ3n) is 5.65. The minimum Gasteiger partial charge on any atom is -0.427 e. The third kappa shape index (κ3) is 5.05. The van der Waals surface area contributed by atoms with Crippen LogP contribution in [0.15, 0.2) is 36.5 Å². The molecule has 4 rings (SSSR count). The van der Waals surface area contributed by atoms with Crippen LogP contribution in [0, 0.1) is 0 Å². The van der Waals surface area contributed by atoms with Crippen LogP contribution in [0.3, 0.4) is 0 Å². The second-order valence-corrected chi connectivity index (χ2v) is 7.98. The van der Waals surface area contributed by atoms with E-state index in [4.69, 9.17) is 4.74 Å². The molecule has 1 aliphatic heterocycles. The van der Waals surface area contributed by atoms with Crippen LogP contribution in [0.5, 0.6) is 5.75 Å². The first kappa shape index (κ1) is 23.7. The number of amides is 3. The molecule has 0 aliphatic carbocycles. The van der Waals surface area contributed by atoms with Gasteiger partial charge in [-0.3, -0.25) is 19.2 Å². The number of hydrogen-bond acceptors (Lipinski definition) is 8. The second kappa shape index (κ2) is 10.2. The van der Waals surface area contributed by atoms with E-state index in [-0.39, 0.29) is 23.8 Å². The van der Waals surface area contributed by atoms with Gasteiger partial charge in [-0.25, -0.2) is 9.50 Å². The molecule has 12 heteroatoms. The van der Waals surface area contributed by atoms with Crippen molar-refractivity contribution in [3.05, 3.63) is 53.5 Å². The Labute approximate surface area is 200 Å². The fourth-order valence-electron chi connectivity index (χ4n) is 3.64. The van der Waals surface area contributed by atoms with Gasteiger partial charge in [0.05, 0.1) is 11.9 Å². The van der Waals surface area contributed by atoms with Gasteiger partial charge in [-0.1, -0.05) is 6.07 Å². The molecule has 3 aromatic rings. The zero-order valence-electron chi connectivity index (χ0n) is 19.3. The summed E-state index contributed by atoms with van der Waals surface area (Å²) in [5.74, 6) is -0.825. The number of carbonyl (C=O) groups is 4. The van der Waals surface area contributed by atoms with Gasteiger partial charge in [0.2, 0.25) is 5.91 Å². The molecule has 1 fully saturated rings. The molecule has 1 unspecified atom stereocenters. The summed E-state index contributed by atoms with van der Waals surface area (Å²) in [6, 6.07) is 7.26. The van der Waals surface area contributed by atoms with E-state index >= 15 is 0 Å². The number of benzene rings is 1. The predicted molar refractivity (Wildman–Crippen MR) is 125 cm³/mol. The van der Waals surface area contributed by atoms with Crippen molar-refractivity contribution in [2.75, 3.05) is 25.5 Å². The van der Waals surface area contributed by atoms with E-state index in [2.05, 4.69) is 26.0 Å². The van der Waals surface area contributed by atoms with Gasteiger partial charge in [0, 0.05) is 38.8 Å². The molecule has 3 N–H and O–H groups in total. The number of ether oxygens (including phenoxy) is 1. The maximum absolute atomic E-state index is 13.0. The molecule has 35 heavy (non-hydrogen) atoms. The molecular weight excluding hydrogens is 454 g/mol. The Bertz CT molecular complexity index is 1280. The van der Waals surface area contributed by atoms with Crippen LogP contribution in [0.25, 0.3) is 5.65 Å². The van der Waals surface area contributed by atoms with Gasteiger partial charge >= 0.3 is 0 Å². The van der Waals surface area contributed by atoms with Gasteiger partial charge in [0.1, 0.15) is 17.4 Å². The lowest BCUT2D eigenvalue weighted by molar-refractivity contribution is -0.136. The number of likely N-dealkylation sites (tertiary alicyclic amines) is 1. The molecule has 1 aromatic carbocycles. The van der Waals surface area contributed by atoms with Gasteiger partial charge in [-0.15, -0.1) is 0 Å². The Morgan fingerprint density at radius 3 is 2.66 bits per heavy atom. The maximum Gasteiger partial charge on any atom is 0.298 e. The van der Waals surface area contributed by atoms with Crippen LogP contribution < -0.4 is 20.7 Å². The second-order valence-electron chi connectivity index (χ2n) is 7.98. The van der Waals surface area contributed by atoms with Crippen LogP contribution in [0.1, 0.15) is 39.9 Å². The van der Waals surface area contributed by atoms with Crippen molar-refractivity contribution in [3.63, 3.8) is 0 Å². The Balaban J connectivity index is 1.49. The van der Waals surface area contributed by atoms with E-state index in [1.807, 2.05) is 0 Å². The SMILES string of the molecule is CNc1cc(CNC(=O)c2cc(C(=O)NC(C)C(=O)N3CCC3)n3nccc3n2)ccc1OC=O. The van der Waals surface area contributed by atoms with Crippen molar-refractivity contribution in [2.24, 2.45) is 0 Å². The lowest BCUT2D eigenvalue weighted by Crippen LogP contribution is -2.52. The van der Waals surface area contributed by atoms with Crippen LogP contribution in [-0.2, 0) is 16.1 Å². The first-order valence-corrected chi connectivity index (χ1v) is 11.0. The number of anilines is 1.